The van der Waals surface area contributed by atoms with Crippen LogP contribution in [0.3, 0.4) is 0 Å². The van der Waals surface area contributed by atoms with Gasteiger partial charge in [-0.05, 0) is 24.1 Å². The van der Waals surface area contributed by atoms with Gasteiger partial charge in [0.05, 0.1) is 12.8 Å². The molecule has 0 aliphatic carbocycles. The molecule has 0 aliphatic rings. The van der Waals surface area contributed by atoms with Crippen molar-refractivity contribution in [2.75, 3.05) is 14.2 Å². The fourth-order valence-corrected chi connectivity index (χ4v) is 0.733. The smallest absolute Gasteiger partial charge is 0.223 e. The van der Waals surface area contributed by atoms with Gasteiger partial charge in [0.15, 0.2) is 0 Å². The molecule has 0 bridgehead atoms. The topological polar surface area (TPSA) is 24.8 Å². The molecule has 4 heteroatoms. The first-order valence-electron chi connectivity index (χ1n) is 3.99. The van der Waals surface area contributed by atoms with Crippen molar-refractivity contribution in [2.24, 2.45) is 4.99 Å². The standard InChI is InChI=1S/C9H15ClN2O/c1-5-6-7-8(2)11-9(10)12(3)13-4/h6-7H,2,5H2,1,3-4H3/b7-6-,11-9?. The molecule has 0 spiro atoms. The lowest BCUT2D eigenvalue weighted by atomic mass is 10.4. The molecule has 13 heavy (non-hydrogen) atoms. The fraction of sp³-hybridized carbons (Fsp3) is 0.444. The van der Waals surface area contributed by atoms with Gasteiger partial charge in [-0.25, -0.2) is 10.1 Å². The van der Waals surface area contributed by atoms with Crippen molar-refractivity contribution in [1.29, 1.82) is 0 Å². The summed E-state index contributed by atoms with van der Waals surface area (Å²) in [4.78, 5) is 8.81. The van der Waals surface area contributed by atoms with Gasteiger partial charge in [-0.2, -0.15) is 0 Å². The van der Waals surface area contributed by atoms with Crippen LogP contribution in [0.15, 0.2) is 29.4 Å². The molecule has 0 radical (unpaired) electrons. The molecular weight excluding hydrogens is 188 g/mol. The predicted molar refractivity (Wildman–Crippen MR) is 56.6 cm³/mol. The van der Waals surface area contributed by atoms with Crippen LogP contribution in [-0.2, 0) is 4.84 Å². The van der Waals surface area contributed by atoms with Crippen LogP contribution in [-0.4, -0.2) is 24.5 Å². The van der Waals surface area contributed by atoms with E-state index in [1.54, 1.807) is 7.05 Å². The molecular formula is C9H15ClN2O. The first-order valence-corrected chi connectivity index (χ1v) is 4.37. The number of amidine groups is 1. The average molecular weight is 203 g/mol. The van der Waals surface area contributed by atoms with Gasteiger partial charge in [-0.3, -0.25) is 4.84 Å². The minimum absolute atomic E-state index is 0.258. The highest BCUT2D eigenvalue weighted by atomic mass is 35.5. The lowest BCUT2D eigenvalue weighted by molar-refractivity contribution is -0.0388. The summed E-state index contributed by atoms with van der Waals surface area (Å²) in [6, 6.07) is 0. The van der Waals surface area contributed by atoms with Gasteiger partial charge in [-0.15, -0.1) is 0 Å². The number of hydrogen-bond acceptors (Lipinski definition) is 2. The number of hydroxylamine groups is 2. The highest BCUT2D eigenvalue weighted by Crippen LogP contribution is 2.02. The van der Waals surface area contributed by atoms with E-state index in [1.165, 1.54) is 12.2 Å². The van der Waals surface area contributed by atoms with E-state index in [-0.39, 0.29) is 5.29 Å². The molecule has 74 valence electrons. The number of aliphatic imine (C=N–C) groups is 1. The molecule has 0 aromatic rings. The van der Waals surface area contributed by atoms with Gasteiger partial charge in [0, 0.05) is 7.05 Å². The number of rotatable bonds is 4. The summed E-state index contributed by atoms with van der Waals surface area (Å²) in [7, 11) is 3.19. The number of allylic oxidation sites excluding steroid dienone is 2. The lowest BCUT2D eigenvalue weighted by Gasteiger charge is -2.12. The Morgan fingerprint density at radius 2 is 2.31 bits per heavy atom. The van der Waals surface area contributed by atoms with Crippen molar-refractivity contribution in [3.63, 3.8) is 0 Å². The first-order chi connectivity index (χ1) is 6.11. The first kappa shape index (κ1) is 12.2. The van der Waals surface area contributed by atoms with Crippen LogP contribution < -0.4 is 0 Å². The van der Waals surface area contributed by atoms with Crippen LogP contribution >= 0.6 is 11.6 Å². The van der Waals surface area contributed by atoms with E-state index in [4.69, 9.17) is 16.4 Å². The van der Waals surface area contributed by atoms with Gasteiger partial charge < -0.3 is 0 Å². The van der Waals surface area contributed by atoms with E-state index in [0.717, 1.165) is 6.42 Å². The molecule has 0 atom stereocenters. The second kappa shape index (κ2) is 6.69. The molecule has 0 saturated heterocycles. The summed E-state index contributed by atoms with van der Waals surface area (Å²) >= 11 is 5.76. The fourth-order valence-electron chi connectivity index (χ4n) is 0.555. The summed E-state index contributed by atoms with van der Waals surface area (Å²) in [5.74, 6) is 0. The Hall–Kier alpha value is -0.800. The van der Waals surface area contributed by atoms with Crippen molar-refractivity contribution in [1.82, 2.24) is 5.06 Å². The van der Waals surface area contributed by atoms with Crippen LogP contribution in [0.2, 0.25) is 0 Å². The lowest BCUT2D eigenvalue weighted by Crippen LogP contribution is -2.20. The van der Waals surface area contributed by atoms with Crippen LogP contribution in [0.25, 0.3) is 0 Å². The quantitative estimate of drug-likeness (QED) is 0.230. The van der Waals surface area contributed by atoms with Crippen LogP contribution in [0.1, 0.15) is 13.3 Å². The van der Waals surface area contributed by atoms with Gasteiger partial charge in [-0.1, -0.05) is 19.6 Å². The maximum atomic E-state index is 5.76. The number of nitrogens with zero attached hydrogens (tertiary/aromatic N) is 2. The number of halogens is 1. The molecule has 0 N–H and O–H groups in total. The summed E-state index contributed by atoms with van der Waals surface area (Å²) < 4.78 is 0. The number of hydrogen-bond donors (Lipinski definition) is 0. The summed E-state index contributed by atoms with van der Waals surface area (Å²) in [5, 5.41) is 1.61. The summed E-state index contributed by atoms with van der Waals surface area (Å²) in [6.07, 6.45) is 4.72. The van der Waals surface area contributed by atoms with Crippen molar-refractivity contribution in [3.05, 3.63) is 24.4 Å². The molecule has 0 aromatic carbocycles. The minimum Gasteiger partial charge on any atom is -0.275 e. The van der Waals surface area contributed by atoms with Gasteiger partial charge in [0.25, 0.3) is 0 Å². The third kappa shape index (κ3) is 5.44. The minimum atomic E-state index is 0.258. The Balaban J connectivity index is 4.21. The molecule has 0 amide bonds. The van der Waals surface area contributed by atoms with Crippen LogP contribution in [0.4, 0.5) is 0 Å². The van der Waals surface area contributed by atoms with Crippen LogP contribution in [0.5, 0.6) is 0 Å². The molecule has 3 nitrogen and oxygen atoms in total. The van der Waals surface area contributed by atoms with E-state index >= 15 is 0 Å². The van der Waals surface area contributed by atoms with Crippen molar-refractivity contribution < 1.29 is 4.84 Å². The molecule has 0 aliphatic heterocycles. The van der Waals surface area contributed by atoms with Crippen LogP contribution in [0, 0.1) is 0 Å². The molecule has 0 fully saturated rings. The van der Waals surface area contributed by atoms with Crippen molar-refractivity contribution in [3.8, 4) is 0 Å². The monoisotopic (exact) mass is 202 g/mol. The largest absolute Gasteiger partial charge is 0.275 e. The molecule has 0 aromatic heterocycles. The zero-order valence-corrected chi connectivity index (χ0v) is 9.01. The highest BCUT2D eigenvalue weighted by Gasteiger charge is 1.99. The zero-order chi connectivity index (χ0) is 10.3. The molecule has 0 saturated carbocycles. The van der Waals surface area contributed by atoms with E-state index in [2.05, 4.69) is 11.6 Å². The third-order valence-corrected chi connectivity index (χ3v) is 1.64. The van der Waals surface area contributed by atoms with E-state index in [1.807, 2.05) is 19.1 Å². The second-order valence-electron chi connectivity index (χ2n) is 2.36. The molecule has 0 unspecified atom stereocenters. The van der Waals surface area contributed by atoms with E-state index in [0.29, 0.717) is 5.70 Å². The van der Waals surface area contributed by atoms with Crippen molar-refractivity contribution in [2.45, 2.75) is 13.3 Å². The normalized spacial score (nSPS) is 12.2. The summed E-state index contributed by atoms with van der Waals surface area (Å²) in [5.41, 5.74) is 0.607. The predicted octanol–water partition coefficient (Wildman–Crippen LogP) is 2.55. The zero-order valence-electron chi connectivity index (χ0n) is 8.25. The highest BCUT2D eigenvalue weighted by molar-refractivity contribution is 6.64. The molecule has 0 heterocycles. The molecule has 0 rings (SSSR count). The summed E-state index contributed by atoms with van der Waals surface area (Å²) in [6.45, 7) is 5.75. The van der Waals surface area contributed by atoms with Gasteiger partial charge in [0.1, 0.15) is 0 Å². The van der Waals surface area contributed by atoms with E-state index in [9.17, 15) is 0 Å². The maximum Gasteiger partial charge on any atom is 0.223 e. The average Bonchev–Trinajstić information content (AvgIpc) is 2.13. The van der Waals surface area contributed by atoms with Crippen molar-refractivity contribution >= 4 is 16.9 Å². The Kier molecular flexibility index (Phi) is 6.28. The Labute approximate surface area is 84.3 Å². The maximum absolute atomic E-state index is 5.76. The Bertz CT molecular complexity index is 224. The van der Waals surface area contributed by atoms with Gasteiger partial charge in [0.2, 0.25) is 5.29 Å². The second-order valence-corrected chi connectivity index (χ2v) is 2.70. The third-order valence-electron chi connectivity index (χ3n) is 1.32. The Morgan fingerprint density at radius 3 is 2.77 bits per heavy atom. The van der Waals surface area contributed by atoms with E-state index < -0.39 is 0 Å². The van der Waals surface area contributed by atoms with Gasteiger partial charge >= 0.3 is 0 Å². The SMILES string of the molecule is C=C(/C=C\CC)N=C(Cl)N(C)OC. The Morgan fingerprint density at radius 1 is 1.69 bits per heavy atom.